The van der Waals surface area contributed by atoms with Crippen LogP contribution in [0.15, 0.2) is 24.3 Å². The number of carbonyl (C=O) groups excluding carboxylic acids is 2. The lowest BCUT2D eigenvalue weighted by Gasteiger charge is -2.37. The molecule has 2 heterocycles. The molecule has 3 rings (SSSR count). The normalized spacial score (nSPS) is 19.6. The summed E-state index contributed by atoms with van der Waals surface area (Å²) in [4.78, 5) is 41.0. The molecule has 0 bridgehead atoms. The summed E-state index contributed by atoms with van der Waals surface area (Å²) in [5.41, 5.74) is 1.14. The molecule has 1 atom stereocenters. The van der Waals surface area contributed by atoms with Gasteiger partial charge in [0.25, 0.3) is 0 Å². The van der Waals surface area contributed by atoms with Crippen molar-refractivity contribution in [2.75, 3.05) is 26.2 Å². The molecule has 1 aromatic rings. The van der Waals surface area contributed by atoms with E-state index in [2.05, 4.69) is 0 Å². The molecule has 8 nitrogen and oxygen atoms in total. The van der Waals surface area contributed by atoms with Crippen molar-refractivity contribution in [2.45, 2.75) is 45.4 Å². The first kappa shape index (κ1) is 20.0. The van der Waals surface area contributed by atoms with E-state index in [0.717, 1.165) is 11.1 Å². The summed E-state index contributed by atoms with van der Waals surface area (Å²) >= 11 is 0. The largest absolute Gasteiger partial charge is 0.481 e. The number of carboxylic acid groups (broad SMARTS) is 1. The molecule has 0 aliphatic carbocycles. The third kappa shape index (κ3) is 4.74. The standard InChI is InChI=1S/C20H27N3O5/c1-20(2,3)28-19(27)21-8-9-23-16(12-21)13-22(18(23)26)11-15-6-4-14(5-7-15)10-17(24)25/h4-7,16H,8-13H2,1-3H3,(H,24,25). The van der Waals surface area contributed by atoms with Gasteiger partial charge in [-0.1, -0.05) is 24.3 Å². The number of amides is 3. The number of benzene rings is 1. The molecule has 2 aliphatic rings. The van der Waals surface area contributed by atoms with E-state index in [0.29, 0.717) is 32.7 Å². The van der Waals surface area contributed by atoms with Gasteiger partial charge in [0.1, 0.15) is 5.60 Å². The topological polar surface area (TPSA) is 90.4 Å². The highest BCUT2D eigenvalue weighted by Gasteiger charge is 2.42. The fourth-order valence-electron chi connectivity index (χ4n) is 3.56. The van der Waals surface area contributed by atoms with Gasteiger partial charge in [-0.3, -0.25) is 4.79 Å². The van der Waals surface area contributed by atoms with Crippen LogP contribution in [-0.2, 0) is 22.5 Å². The number of hydrogen-bond acceptors (Lipinski definition) is 4. The number of piperazine rings is 1. The zero-order valence-corrected chi connectivity index (χ0v) is 16.6. The lowest BCUT2D eigenvalue weighted by Crippen LogP contribution is -2.54. The molecule has 28 heavy (non-hydrogen) atoms. The number of carbonyl (C=O) groups is 3. The van der Waals surface area contributed by atoms with Crippen molar-refractivity contribution in [3.63, 3.8) is 0 Å². The Morgan fingerprint density at radius 1 is 1.11 bits per heavy atom. The number of rotatable bonds is 4. The van der Waals surface area contributed by atoms with Gasteiger partial charge in [-0.25, -0.2) is 9.59 Å². The third-order valence-electron chi connectivity index (χ3n) is 4.83. The van der Waals surface area contributed by atoms with Gasteiger partial charge in [0.05, 0.1) is 12.5 Å². The minimum absolute atomic E-state index is 0.0146. The summed E-state index contributed by atoms with van der Waals surface area (Å²) in [6.07, 6.45) is -0.355. The molecule has 152 valence electrons. The fraction of sp³-hybridized carbons (Fsp3) is 0.550. The molecule has 2 fully saturated rings. The van der Waals surface area contributed by atoms with Crippen LogP contribution < -0.4 is 0 Å². The van der Waals surface area contributed by atoms with Crippen LogP contribution in [0.3, 0.4) is 0 Å². The van der Waals surface area contributed by atoms with E-state index in [1.54, 1.807) is 21.9 Å². The first-order chi connectivity index (χ1) is 13.1. The predicted octanol–water partition coefficient (Wildman–Crippen LogP) is 2.17. The van der Waals surface area contributed by atoms with Crippen molar-refractivity contribution in [2.24, 2.45) is 0 Å². The maximum Gasteiger partial charge on any atom is 0.410 e. The number of nitrogens with zero attached hydrogens (tertiary/aromatic N) is 3. The SMILES string of the molecule is CC(C)(C)OC(=O)N1CCN2C(=O)N(Cc3ccc(CC(=O)O)cc3)CC2C1. The summed E-state index contributed by atoms with van der Waals surface area (Å²) in [6.45, 7) is 7.96. The van der Waals surface area contributed by atoms with E-state index >= 15 is 0 Å². The van der Waals surface area contributed by atoms with Crippen LogP contribution in [0.1, 0.15) is 31.9 Å². The van der Waals surface area contributed by atoms with Gasteiger partial charge in [-0.05, 0) is 31.9 Å². The molecule has 2 aliphatic heterocycles. The zero-order chi connectivity index (χ0) is 20.5. The van der Waals surface area contributed by atoms with Crippen molar-refractivity contribution in [3.8, 4) is 0 Å². The highest BCUT2D eigenvalue weighted by Crippen LogP contribution is 2.24. The fourth-order valence-corrected chi connectivity index (χ4v) is 3.56. The van der Waals surface area contributed by atoms with Gasteiger partial charge in [-0.2, -0.15) is 0 Å². The summed E-state index contributed by atoms with van der Waals surface area (Å²) in [5, 5.41) is 8.85. The van der Waals surface area contributed by atoms with Crippen LogP contribution >= 0.6 is 0 Å². The molecule has 0 aromatic heterocycles. The highest BCUT2D eigenvalue weighted by atomic mass is 16.6. The summed E-state index contributed by atoms with van der Waals surface area (Å²) in [7, 11) is 0. The van der Waals surface area contributed by atoms with Crippen LogP contribution in [0.25, 0.3) is 0 Å². The van der Waals surface area contributed by atoms with Crippen LogP contribution in [0.5, 0.6) is 0 Å². The van der Waals surface area contributed by atoms with E-state index in [1.807, 2.05) is 37.8 Å². The van der Waals surface area contributed by atoms with Gasteiger partial charge in [0.2, 0.25) is 0 Å². The monoisotopic (exact) mass is 389 g/mol. The molecular weight excluding hydrogens is 362 g/mol. The number of aliphatic carboxylic acids is 1. The van der Waals surface area contributed by atoms with Gasteiger partial charge >= 0.3 is 18.1 Å². The van der Waals surface area contributed by atoms with Crippen LogP contribution in [0.2, 0.25) is 0 Å². The predicted molar refractivity (Wildman–Crippen MR) is 102 cm³/mol. The Hall–Kier alpha value is -2.77. The number of fused-ring (bicyclic) bond motifs is 1. The Bertz CT molecular complexity index is 756. The van der Waals surface area contributed by atoms with Gasteiger partial charge in [0.15, 0.2) is 0 Å². The second kappa shape index (κ2) is 7.69. The van der Waals surface area contributed by atoms with Crippen molar-refractivity contribution < 1.29 is 24.2 Å². The number of hydrogen-bond donors (Lipinski definition) is 1. The smallest absolute Gasteiger partial charge is 0.410 e. The summed E-state index contributed by atoms with van der Waals surface area (Å²) in [6, 6.07) is 7.21. The highest BCUT2D eigenvalue weighted by molar-refractivity contribution is 5.78. The molecule has 1 N–H and O–H groups in total. The summed E-state index contributed by atoms with van der Waals surface area (Å²) < 4.78 is 5.44. The first-order valence-electron chi connectivity index (χ1n) is 9.45. The molecule has 1 unspecified atom stereocenters. The minimum Gasteiger partial charge on any atom is -0.481 e. The van der Waals surface area contributed by atoms with E-state index in [4.69, 9.17) is 9.84 Å². The van der Waals surface area contributed by atoms with E-state index in [9.17, 15) is 14.4 Å². The van der Waals surface area contributed by atoms with Crippen molar-refractivity contribution in [1.29, 1.82) is 0 Å². The average Bonchev–Trinajstić information content (AvgIpc) is 2.90. The molecule has 8 heteroatoms. The Balaban J connectivity index is 1.59. The lowest BCUT2D eigenvalue weighted by atomic mass is 10.1. The van der Waals surface area contributed by atoms with Crippen molar-refractivity contribution in [3.05, 3.63) is 35.4 Å². The molecule has 0 saturated carbocycles. The van der Waals surface area contributed by atoms with E-state index < -0.39 is 11.6 Å². The number of urea groups is 1. The molecule has 3 amide bonds. The first-order valence-corrected chi connectivity index (χ1v) is 9.45. The van der Waals surface area contributed by atoms with Gasteiger partial charge in [0, 0.05) is 32.7 Å². The number of carboxylic acids is 1. The van der Waals surface area contributed by atoms with E-state index in [1.165, 1.54) is 0 Å². The van der Waals surface area contributed by atoms with Crippen LogP contribution in [0.4, 0.5) is 9.59 Å². The van der Waals surface area contributed by atoms with Crippen LogP contribution in [0, 0.1) is 0 Å². The van der Waals surface area contributed by atoms with Crippen molar-refractivity contribution >= 4 is 18.1 Å². The third-order valence-corrected chi connectivity index (χ3v) is 4.83. The molecule has 2 saturated heterocycles. The molecular formula is C20H27N3O5. The Kier molecular flexibility index (Phi) is 5.49. The maximum atomic E-state index is 12.7. The second-order valence-electron chi connectivity index (χ2n) is 8.32. The van der Waals surface area contributed by atoms with Crippen molar-refractivity contribution in [1.82, 2.24) is 14.7 Å². The van der Waals surface area contributed by atoms with Gasteiger partial charge < -0.3 is 24.5 Å². The Labute approximate surface area is 164 Å². The van der Waals surface area contributed by atoms with Gasteiger partial charge in [-0.15, -0.1) is 0 Å². The quantitative estimate of drug-likeness (QED) is 0.852. The Morgan fingerprint density at radius 2 is 1.75 bits per heavy atom. The van der Waals surface area contributed by atoms with E-state index in [-0.39, 0.29) is 24.6 Å². The lowest BCUT2D eigenvalue weighted by molar-refractivity contribution is -0.136. The molecule has 0 radical (unpaired) electrons. The second-order valence-corrected chi connectivity index (χ2v) is 8.32. The Morgan fingerprint density at radius 3 is 2.36 bits per heavy atom. The molecule has 0 spiro atoms. The molecule has 1 aromatic carbocycles. The van der Waals surface area contributed by atoms with Crippen LogP contribution in [-0.4, -0.2) is 75.7 Å². The maximum absolute atomic E-state index is 12.7. The summed E-state index contributed by atoms with van der Waals surface area (Å²) in [5.74, 6) is -0.867. The minimum atomic E-state index is -0.867. The number of ether oxygens (including phenoxy) is 1. The average molecular weight is 389 g/mol. The zero-order valence-electron chi connectivity index (χ0n) is 16.6.